The van der Waals surface area contributed by atoms with Crippen molar-refractivity contribution in [1.82, 2.24) is 4.57 Å². The number of rotatable bonds is 16. The Hall–Kier alpha value is -0.790. The molecule has 2 heteroatoms. The van der Waals surface area contributed by atoms with Gasteiger partial charge in [0.2, 0.25) is 0 Å². The minimum atomic E-state index is 1.20. The first-order valence-electron chi connectivity index (χ1n) is 10.9. The van der Waals surface area contributed by atoms with Crippen LogP contribution in [0.3, 0.4) is 0 Å². The van der Waals surface area contributed by atoms with E-state index in [0.717, 1.165) is 0 Å². The Labute approximate surface area is 151 Å². The van der Waals surface area contributed by atoms with Gasteiger partial charge in [0, 0.05) is 6.42 Å². The summed E-state index contributed by atoms with van der Waals surface area (Å²) in [5.74, 6) is 1.55. The number of hydrogen-bond donors (Lipinski definition) is 0. The van der Waals surface area contributed by atoms with E-state index in [0.29, 0.717) is 0 Å². The molecule has 0 aliphatic carbocycles. The van der Waals surface area contributed by atoms with Crippen LogP contribution >= 0.6 is 0 Å². The zero-order valence-electron chi connectivity index (χ0n) is 16.9. The molecule has 0 atom stereocenters. The second-order valence-corrected chi connectivity index (χ2v) is 7.39. The first-order chi connectivity index (χ1) is 11.8. The molecule has 0 saturated heterocycles. The molecule has 0 aliphatic heterocycles. The lowest BCUT2D eigenvalue weighted by atomic mass is 10.1. The number of hydrogen-bond acceptors (Lipinski definition) is 0. The molecule has 1 heterocycles. The fourth-order valence-corrected chi connectivity index (χ4v) is 3.54. The molecular weight excluding hydrogens is 292 g/mol. The predicted molar refractivity (Wildman–Crippen MR) is 105 cm³/mol. The third kappa shape index (κ3) is 8.89. The van der Waals surface area contributed by atoms with Crippen LogP contribution in [0.1, 0.15) is 110 Å². The van der Waals surface area contributed by atoms with Crippen molar-refractivity contribution in [3.05, 3.63) is 18.2 Å². The van der Waals surface area contributed by atoms with Crippen molar-refractivity contribution < 1.29 is 4.57 Å². The summed E-state index contributed by atoms with van der Waals surface area (Å²) in [5.41, 5.74) is 0. The van der Waals surface area contributed by atoms with Crippen LogP contribution in [0.25, 0.3) is 0 Å². The maximum Gasteiger partial charge on any atom is 0.256 e. The quantitative estimate of drug-likeness (QED) is 0.242. The average molecular weight is 336 g/mol. The largest absolute Gasteiger partial charge is 0.256 e. The molecule has 0 fully saturated rings. The zero-order chi connectivity index (χ0) is 17.5. The van der Waals surface area contributed by atoms with E-state index in [1.165, 1.54) is 103 Å². The Morgan fingerprint density at radius 3 is 1.92 bits per heavy atom. The lowest BCUT2D eigenvalue weighted by Gasteiger charge is -2.05. The summed E-state index contributed by atoms with van der Waals surface area (Å²) in [4.78, 5) is 0. The third-order valence-corrected chi connectivity index (χ3v) is 5.07. The SMILES string of the molecule is CCCCCCCCCCCn1cc[n+](CCCCC)c1CCC. The van der Waals surface area contributed by atoms with Crippen molar-refractivity contribution in [3.63, 3.8) is 0 Å². The second kappa shape index (κ2) is 14.5. The van der Waals surface area contributed by atoms with Gasteiger partial charge in [-0.2, -0.15) is 0 Å². The van der Waals surface area contributed by atoms with Gasteiger partial charge in [-0.05, 0) is 32.1 Å². The molecule has 24 heavy (non-hydrogen) atoms. The van der Waals surface area contributed by atoms with E-state index >= 15 is 0 Å². The van der Waals surface area contributed by atoms with Crippen molar-refractivity contribution in [1.29, 1.82) is 0 Å². The first kappa shape index (κ1) is 21.3. The Morgan fingerprint density at radius 2 is 1.29 bits per heavy atom. The van der Waals surface area contributed by atoms with Gasteiger partial charge in [0.1, 0.15) is 12.4 Å². The monoisotopic (exact) mass is 335 g/mol. The molecule has 0 saturated carbocycles. The summed E-state index contributed by atoms with van der Waals surface area (Å²) >= 11 is 0. The van der Waals surface area contributed by atoms with E-state index in [2.05, 4.69) is 42.3 Å². The van der Waals surface area contributed by atoms with Crippen molar-refractivity contribution in [2.45, 2.75) is 124 Å². The highest BCUT2D eigenvalue weighted by Crippen LogP contribution is 2.11. The molecule has 0 radical (unpaired) electrons. The van der Waals surface area contributed by atoms with Gasteiger partial charge < -0.3 is 0 Å². The molecule has 0 aromatic carbocycles. The van der Waals surface area contributed by atoms with Crippen LogP contribution in [0.15, 0.2) is 12.4 Å². The zero-order valence-corrected chi connectivity index (χ0v) is 16.9. The fourth-order valence-electron chi connectivity index (χ4n) is 3.54. The maximum atomic E-state index is 2.52. The summed E-state index contributed by atoms with van der Waals surface area (Å²) in [6.07, 6.45) is 23.8. The van der Waals surface area contributed by atoms with Gasteiger partial charge in [-0.3, -0.25) is 0 Å². The van der Waals surface area contributed by atoms with E-state index in [9.17, 15) is 0 Å². The summed E-state index contributed by atoms with van der Waals surface area (Å²) < 4.78 is 5.03. The fraction of sp³-hybridized carbons (Fsp3) is 0.864. The van der Waals surface area contributed by atoms with Crippen LogP contribution in [0.5, 0.6) is 0 Å². The Kier molecular flexibility index (Phi) is 12.9. The average Bonchev–Trinajstić information content (AvgIpc) is 2.96. The Balaban J connectivity index is 2.23. The van der Waals surface area contributed by atoms with E-state index in [-0.39, 0.29) is 0 Å². The number of aryl methyl sites for hydroxylation is 2. The molecule has 0 N–H and O–H groups in total. The lowest BCUT2D eigenvalue weighted by molar-refractivity contribution is -0.704. The molecule has 0 unspecified atom stereocenters. The van der Waals surface area contributed by atoms with Crippen LogP contribution in [0.4, 0.5) is 0 Å². The van der Waals surface area contributed by atoms with E-state index in [1.807, 2.05) is 0 Å². The molecule has 140 valence electrons. The van der Waals surface area contributed by atoms with Crippen molar-refractivity contribution in [3.8, 4) is 0 Å². The van der Waals surface area contributed by atoms with Crippen LogP contribution in [0.2, 0.25) is 0 Å². The molecule has 0 aliphatic rings. The van der Waals surface area contributed by atoms with E-state index < -0.39 is 0 Å². The summed E-state index contributed by atoms with van der Waals surface area (Å²) in [5, 5.41) is 0. The predicted octanol–water partition coefficient (Wildman–Crippen LogP) is 6.45. The molecule has 0 amide bonds. The standard InChI is InChI=1S/C22H43N2/c1-4-7-9-10-11-12-13-14-16-19-24-21-20-23(18-15-8-5-2)22(24)17-6-3/h20-21H,4-19H2,1-3H3/q+1. The highest BCUT2D eigenvalue weighted by atomic mass is 15.1. The molecular formula is C22H43N2+. The minimum Gasteiger partial charge on any atom is -0.234 e. The number of aromatic nitrogens is 2. The highest BCUT2D eigenvalue weighted by molar-refractivity contribution is 4.84. The first-order valence-corrected chi connectivity index (χ1v) is 10.9. The minimum absolute atomic E-state index is 1.20. The molecule has 1 rings (SSSR count). The van der Waals surface area contributed by atoms with E-state index in [1.54, 1.807) is 5.82 Å². The number of imidazole rings is 1. The normalized spacial score (nSPS) is 11.3. The van der Waals surface area contributed by atoms with E-state index in [4.69, 9.17) is 0 Å². The lowest BCUT2D eigenvalue weighted by Crippen LogP contribution is -2.37. The number of nitrogens with zero attached hydrogens (tertiary/aromatic N) is 2. The number of unbranched alkanes of at least 4 members (excludes halogenated alkanes) is 10. The summed E-state index contributed by atoms with van der Waals surface area (Å²) in [7, 11) is 0. The van der Waals surface area contributed by atoms with Crippen LogP contribution in [0, 0.1) is 0 Å². The Morgan fingerprint density at radius 1 is 0.708 bits per heavy atom. The van der Waals surface area contributed by atoms with Crippen LogP contribution in [-0.4, -0.2) is 4.57 Å². The molecule has 2 nitrogen and oxygen atoms in total. The van der Waals surface area contributed by atoms with Gasteiger partial charge in [0.05, 0.1) is 13.1 Å². The van der Waals surface area contributed by atoms with Gasteiger partial charge in [-0.1, -0.05) is 72.1 Å². The van der Waals surface area contributed by atoms with Gasteiger partial charge in [-0.25, -0.2) is 9.13 Å². The van der Waals surface area contributed by atoms with Gasteiger partial charge in [-0.15, -0.1) is 0 Å². The van der Waals surface area contributed by atoms with Crippen LogP contribution < -0.4 is 4.57 Å². The van der Waals surface area contributed by atoms with Gasteiger partial charge in [0.25, 0.3) is 5.82 Å². The molecule has 1 aromatic heterocycles. The van der Waals surface area contributed by atoms with Crippen molar-refractivity contribution in [2.75, 3.05) is 0 Å². The van der Waals surface area contributed by atoms with Gasteiger partial charge >= 0.3 is 0 Å². The molecule has 1 aromatic rings. The summed E-state index contributed by atoms with van der Waals surface area (Å²) in [6, 6.07) is 0. The molecule has 0 spiro atoms. The smallest absolute Gasteiger partial charge is 0.234 e. The van der Waals surface area contributed by atoms with Crippen molar-refractivity contribution in [2.24, 2.45) is 0 Å². The van der Waals surface area contributed by atoms with Crippen molar-refractivity contribution >= 4 is 0 Å². The Bertz CT molecular complexity index is 395. The van der Waals surface area contributed by atoms with Gasteiger partial charge in [0.15, 0.2) is 0 Å². The maximum absolute atomic E-state index is 2.52. The van der Waals surface area contributed by atoms with Crippen LogP contribution in [-0.2, 0) is 19.5 Å². The molecule has 0 bridgehead atoms. The highest BCUT2D eigenvalue weighted by Gasteiger charge is 2.15. The summed E-state index contributed by atoms with van der Waals surface area (Å²) in [6.45, 7) is 9.29. The third-order valence-electron chi connectivity index (χ3n) is 5.07. The topological polar surface area (TPSA) is 8.81 Å². The second-order valence-electron chi connectivity index (χ2n) is 7.39.